The standard InChI is InChI=1S/C18H22FN3O.HI/c1-3-23-17-10-9-15(11-16(17)19)13-22-18(20-2)21-12-14-7-5-4-6-8-14;/h4-11H,3,12-13H2,1-2H3,(H2,20,21,22);1H. The molecule has 24 heavy (non-hydrogen) atoms. The Labute approximate surface area is 159 Å². The maximum atomic E-state index is 13.8. The highest BCUT2D eigenvalue weighted by Crippen LogP contribution is 2.18. The van der Waals surface area contributed by atoms with E-state index in [2.05, 4.69) is 15.6 Å². The molecule has 4 nitrogen and oxygen atoms in total. The third kappa shape index (κ3) is 6.35. The van der Waals surface area contributed by atoms with Gasteiger partial charge in [-0.3, -0.25) is 4.99 Å². The molecule has 0 atom stereocenters. The number of aliphatic imine (C=N–C) groups is 1. The Morgan fingerprint density at radius 2 is 1.71 bits per heavy atom. The molecule has 0 fully saturated rings. The Kier molecular flexibility index (Phi) is 9.14. The summed E-state index contributed by atoms with van der Waals surface area (Å²) in [6.07, 6.45) is 0. The number of guanidine groups is 1. The van der Waals surface area contributed by atoms with Crippen LogP contribution in [0.1, 0.15) is 18.1 Å². The van der Waals surface area contributed by atoms with Crippen molar-refractivity contribution in [3.63, 3.8) is 0 Å². The Hall–Kier alpha value is -1.83. The van der Waals surface area contributed by atoms with E-state index in [4.69, 9.17) is 4.74 Å². The van der Waals surface area contributed by atoms with Gasteiger partial charge in [0.1, 0.15) is 0 Å². The number of halogens is 2. The predicted octanol–water partition coefficient (Wildman–Crippen LogP) is 3.71. The van der Waals surface area contributed by atoms with Crippen molar-refractivity contribution in [2.24, 2.45) is 4.99 Å². The second-order valence-electron chi connectivity index (χ2n) is 4.96. The molecule has 0 unspecified atom stereocenters. The lowest BCUT2D eigenvalue weighted by Crippen LogP contribution is -2.36. The molecule has 0 aliphatic heterocycles. The quantitative estimate of drug-likeness (QED) is 0.407. The fraction of sp³-hybridized carbons (Fsp3) is 0.278. The van der Waals surface area contributed by atoms with E-state index in [1.54, 1.807) is 13.1 Å². The van der Waals surface area contributed by atoms with Gasteiger partial charge in [-0.1, -0.05) is 36.4 Å². The largest absolute Gasteiger partial charge is 0.491 e. The molecule has 2 aromatic rings. The van der Waals surface area contributed by atoms with Crippen LogP contribution in [0, 0.1) is 5.82 Å². The summed E-state index contributed by atoms with van der Waals surface area (Å²) < 4.78 is 19.0. The molecular formula is C18H23FIN3O. The van der Waals surface area contributed by atoms with Crippen LogP contribution in [0.3, 0.4) is 0 Å². The zero-order valence-corrected chi connectivity index (χ0v) is 16.2. The van der Waals surface area contributed by atoms with Crippen molar-refractivity contribution in [3.05, 3.63) is 65.5 Å². The molecule has 130 valence electrons. The molecule has 0 heterocycles. The highest BCUT2D eigenvalue weighted by atomic mass is 127. The van der Waals surface area contributed by atoms with E-state index in [-0.39, 0.29) is 35.5 Å². The van der Waals surface area contributed by atoms with Crippen LogP contribution >= 0.6 is 24.0 Å². The zero-order chi connectivity index (χ0) is 16.5. The summed E-state index contributed by atoms with van der Waals surface area (Å²) in [4.78, 5) is 4.16. The van der Waals surface area contributed by atoms with Crippen LogP contribution in [0.2, 0.25) is 0 Å². The van der Waals surface area contributed by atoms with Crippen molar-refractivity contribution in [2.45, 2.75) is 20.0 Å². The number of nitrogens with zero attached hydrogens (tertiary/aromatic N) is 1. The first kappa shape index (κ1) is 20.2. The van der Waals surface area contributed by atoms with Crippen LogP contribution in [0.25, 0.3) is 0 Å². The van der Waals surface area contributed by atoms with Crippen molar-refractivity contribution in [1.29, 1.82) is 0 Å². The van der Waals surface area contributed by atoms with Gasteiger partial charge in [0, 0.05) is 20.1 Å². The Bertz CT molecular complexity index is 650. The molecule has 6 heteroatoms. The average Bonchev–Trinajstić information content (AvgIpc) is 2.58. The average molecular weight is 443 g/mol. The number of hydrogen-bond acceptors (Lipinski definition) is 2. The third-order valence-corrected chi connectivity index (χ3v) is 3.28. The van der Waals surface area contributed by atoms with Crippen molar-refractivity contribution in [2.75, 3.05) is 13.7 Å². The highest BCUT2D eigenvalue weighted by molar-refractivity contribution is 14.0. The molecule has 0 saturated carbocycles. The van der Waals surface area contributed by atoms with Gasteiger partial charge in [-0.05, 0) is 30.2 Å². The predicted molar refractivity (Wildman–Crippen MR) is 106 cm³/mol. The molecule has 2 N–H and O–H groups in total. The SMILES string of the molecule is CCOc1ccc(CNC(=NC)NCc2ccccc2)cc1F.I. The van der Waals surface area contributed by atoms with Crippen LogP contribution in [0.5, 0.6) is 5.75 Å². The Morgan fingerprint density at radius 3 is 2.29 bits per heavy atom. The van der Waals surface area contributed by atoms with Crippen LogP contribution in [0.15, 0.2) is 53.5 Å². The first-order valence-corrected chi connectivity index (χ1v) is 7.62. The van der Waals surface area contributed by atoms with Crippen molar-refractivity contribution >= 4 is 29.9 Å². The van der Waals surface area contributed by atoms with Crippen molar-refractivity contribution < 1.29 is 9.13 Å². The summed E-state index contributed by atoms with van der Waals surface area (Å²) in [6.45, 7) is 3.44. The second kappa shape index (κ2) is 10.9. The number of hydrogen-bond donors (Lipinski definition) is 2. The summed E-state index contributed by atoms with van der Waals surface area (Å²) in [5, 5.41) is 6.39. The van der Waals surface area contributed by atoms with Crippen LogP contribution in [-0.2, 0) is 13.1 Å². The minimum atomic E-state index is -0.349. The minimum absolute atomic E-state index is 0. The van der Waals surface area contributed by atoms with Gasteiger partial charge in [-0.2, -0.15) is 0 Å². The second-order valence-corrected chi connectivity index (χ2v) is 4.96. The number of nitrogens with one attached hydrogen (secondary N) is 2. The van der Waals surface area contributed by atoms with E-state index >= 15 is 0 Å². The summed E-state index contributed by atoms with van der Waals surface area (Å²) in [5.74, 6) is 0.601. The van der Waals surface area contributed by atoms with Gasteiger partial charge in [-0.15, -0.1) is 24.0 Å². The van der Waals surface area contributed by atoms with Gasteiger partial charge in [0.25, 0.3) is 0 Å². The number of ether oxygens (including phenoxy) is 1. The van der Waals surface area contributed by atoms with Gasteiger partial charge >= 0.3 is 0 Å². The van der Waals surface area contributed by atoms with E-state index in [0.29, 0.717) is 25.7 Å². The van der Waals surface area contributed by atoms with E-state index in [1.165, 1.54) is 11.6 Å². The summed E-state index contributed by atoms with van der Waals surface area (Å²) >= 11 is 0. The van der Waals surface area contributed by atoms with Crippen LogP contribution in [0.4, 0.5) is 4.39 Å². The lowest BCUT2D eigenvalue weighted by molar-refractivity contribution is 0.321. The lowest BCUT2D eigenvalue weighted by Gasteiger charge is -2.12. The fourth-order valence-electron chi connectivity index (χ4n) is 2.11. The maximum Gasteiger partial charge on any atom is 0.191 e. The van der Waals surface area contributed by atoms with Crippen molar-refractivity contribution in [3.8, 4) is 5.75 Å². The first-order valence-electron chi connectivity index (χ1n) is 7.62. The molecule has 0 amide bonds. The van der Waals surface area contributed by atoms with Crippen molar-refractivity contribution in [1.82, 2.24) is 10.6 Å². The smallest absolute Gasteiger partial charge is 0.191 e. The highest BCUT2D eigenvalue weighted by Gasteiger charge is 2.05. The van der Waals surface area contributed by atoms with Crippen LogP contribution < -0.4 is 15.4 Å². The van der Waals surface area contributed by atoms with E-state index in [1.807, 2.05) is 43.3 Å². The van der Waals surface area contributed by atoms with Gasteiger partial charge < -0.3 is 15.4 Å². The summed E-state index contributed by atoms with van der Waals surface area (Å²) in [5.41, 5.74) is 2.00. The Morgan fingerprint density at radius 1 is 1.04 bits per heavy atom. The van der Waals surface area contributed by atoms with Crippen LogP contribution in [-0.4, -0.2) is 19.6 Å². The molecule has 0 aromatic heterocycles. The molecule has 0 radical (unpaired) electrons. The molecule has 0 aliphatic carbocycles. The Balaban J connectivity index is 0.00000288. The fourth-order valence-corrected chi connectivity index (χ4v) is 2.11. The van der Waals surface area contributed by atoms with E-state index in [9.17, 15) is 4.39 Å². The molecule has 0 spiro atoms. The zero-order valence-electron chi connectivity index (χ0n) is 13.9. The molecule has 0 saturated heterocycles. The molecular weight excluding hydrogens is 420 g/mol. The molecule has 2 rings (SSSR count). The molecule has 0 bridgehead atoms. The summed E-state index contributed by atoms with van der Waals surface area (Å²) in [6, 6.07) is 15.0. The van der Waals surface area contributed by atoms with E-state index < -0.39 is 0 Å². The monoisotopic (exact) mass is 443 g/mol. The lowest BCUT2D eigenvalue weighted by atomic mass is 10.2. The minimum Gasteiger partial charge on any atom is -0.491 e. The third-order valence-electron chi connectivity index (χ3n) is 3.28. The maximum absolute atomic E-state index is 13.8. The molecule has 2 aromatic carbocycles. The number of benzene rings is 2. The van der Waals surface area contributed by atoms with Gasteiger partial charge in [0.05, 0.1) is 6.61 Å². The van der Waals surface area contributed by atoms with Gasteiger partial charge in [0.2, 0.25) is 0 Å². The first-order chi connectivity index (χ1) is 11.2. The number of rotatable bonds is 6. The molecule has 0 aliphatic rings. The van der Waals surface area contributed by atoms with Gasteiger partial charge in [-0.25, -0.2) is 4.39 Å². The normalized spacial score (nSPS) is 10.7. The van der Waals surface area contributed by atoms with E-state index in [0.717, 1.165) is 5.56 Å². The van der Waals surface area contributed by atoms with Gasteiger partial charge in [0.15, 0.2) is 17.5 Å². The summed E-state index contributed by atoms with van der Waals surface area (Å²) in [7, 11) is 1.71. The topological polar surface area (TPSA) is 45.6 Å².